The van der Waals surface area contributed by atoms with Crippen LogP contribution in [0.4, 0.5) is 5.69 Å². The molecule has 1 unspecified atom stereocenters. The van der Waals surface area contributed by atoms with Crippen LogP contribution < -0.4 is 5.73 Å². The minimum Gasteiger partial charge on any atom is -0.399 e. The molecule has 1 saturated heterocycles. The van der Waals surface area contributed by atoms with Gasteiger partial charge in [0, 0.05) is 18.8 Å². The average Bonchev–Trinajstić information content (AvgIpc) is 2.88. The summed E-state index contributed by atoms with van der Waals surface area (Å²) < 4.78 is 0. The van der Waals surface area contributed by atoms with Crippen LogP contribution in [0, 0.1) is 11.8 Å². The van der Waals surface area contributed by atoms with Crippen LogP contribution in [0.5, 0.6) is 0 Å². The summed E-state index contributed by atoms with van der Waals surface area (Å²) in [5, 5.41) is 0. The van der Waals surface area contributed by atoms with Gasteiger partial charge in [-0.2, -0.15) is 0 Å². The first-order valence-electron chi connectivity index (χ1n) is 7.47. The zero-order valence-corrected chi connectivity index (χ0v) is 13.0. The molecule has 110 valence electrons. The SMILES string of the molecule is CC(C)C1CCN(C(=O)C(C)(C)c2ccc(N)cc2)C1. The summed E-state index contributed by atoms with van der Waals surface area (Å²) >= 11 is 0. The zero-order valence-electron chi connectivity index (χ0n) is 13.0. The van der Waals surface area contributed by atoms with Gasteiger partial charge in [0.15, 0.2) is 0 Å². The minimum absolute atomic E-state index is 0.227. The fourth-order valence-electron chi connectivity index (χ4n) is 2.93. The quantitative estimate of drug-likeness (QED) is 0.861. The van der Waals surface area contributed by atoms with E-state index in [2.05, 4.69) is 13.8 Å². The van der Waals surface area contributed by atoms with Crippen LogP contribution in [0.15, 0.2) is 24.3 Å². The van der Waals surface area contributed by atoms with Crippen molar-refractivity contribution in [3.8, 4) is 0 Å². The summed E-state index contributed by atoms with van der Waals surface area (Å²) in [6.45, 7) is 10.3. The van der Waals surface area contributed by atoms with E-state index >= 15 is 0 Å². The summed E-state index contributed by atoms with van der Waals surface area (Å²) in [6.07, 6.45) is 1.13. The molecule has 2 rings (SSSR count). The second-order valence-electron chi connectivity index (χ2n) is 6.79. The maximum absolute atomic E-state index is 12.8. The van der Waals surface area contributed by atoms with E-state index < -0.39 is 5.41 Å². The molecule has 0 spiro atoms. The number of nitrogen functional groups attached to an aromatic ring is 1. The smallest absolute Gasteiger partial charge is 0.232 e. The molecule has 1 amide bonds. The molecule has 1 aromatic carbocycles. The number of carbonyl (C=O) groups excluding carboxylic acids is 1. The van der Waals surface area contributed by atoms with Crippen LogP contribution in [0.1, 0.15) is 39.7 Å². The Hall–Kier alpha value is -1.51. The number of carbonyl (C=O) groups is 1. The van der Waals surface area contributed by atoms with Crippen LogP contribution in [-0.2, 0) is 10.2 Å². The van der Waals surface area contributed by atoms with E-state index in [1.807, 2.05) is 43.0 Å². The molecule has 0 radical (unpaired) electrons. The number of benzene rings is 1. The van der Waals surface area contributed by atoms with Crippen LogP contribution >= 0.6 is 0 Å². The normalized spacial score (nSPS) is 19.6. The van der Waals surface area contributed by atoms with Gasteiger partial charge in [0.2, 0.25) is 5.91 Å². The second-order valence-corrected chi connectivity index (χ2v) is 6.79. The Morgan fingerprint density at radius 3 is 2.40 bits per heavy atom. The average molecular weight is 274 g/mol. The van der Waals surface area contributed by atoms with Crippen molar-refractivity contribution in [2.75, 3.05) is 18.8 Å². The van der Waals surface area contributed by atoms with E-state index in [1.54, 1.807) is 0 Å². The van der Waals surface area contributed by atoms with Crippen LogP contribution in [-0.4, -0.2) is 23.9 Å². The van der Waals surface area contributed by atoms with Gasteiger partial charge in [0.1, 0.15) is 0 Å². The molecule has 1 aliphatic rings. The molecule has 1 atom stereocenters. The van der Waals surface area contributed by atoms with Crippen LogP contribution in [0.25, 0.3) is 0 Å². The lowest BCUT2D eigenvalue weighted by molar-refractivity contribution is -0.135. The lowest BCUT2D eigenvalue weighted by Gasteiger charge is -2.30. The van der Waals surface area contributed by atoms with Crippen molar-refractivity contribution in [1.82, 2.24) is 4.90 Å². The van der Waals surface area contributed by atoms with Crippen molar-refractivity contribution < 1.29 is 4.79 Å². The van der Waals surface area contributed by atoms with Gasteiger partial charge in [-0.05, 0) is 49.8 Å². The number of hydrogen-bond donors (Lipinski definition) is 1. The Morgan fingerprint density at radius 1 is 1.30 bits per heavy atom. The Labute approximate surface area is 122 Å². The van der Waals surface area contributed by atoms with E-state index in [0.29, 0.717) is 11.8 Å². The summed E-state index contributed by atoms with van der Waals surface area (Å²) in [6, 6.07) is 7.66. The predicted molar refractivity (Wildman–Crippen MR) is 83.4 cm³/mol. The third-order valence-electron chi connectivity index (χ3n) is 4.62. The van der Waals surface area contributed by atoms with Gasteiger partial charge in [-0.15, -0.1) is 0 Å². The number of nitrogens with zero attached hydrogens (tertiary/aromatic N) is 1. The van der Waals surface area contributed by atoms with Crippen LogP contribution in [0.2, 0.25) is 0 Å². The Kier molecular flexibility index (Phi) is 4.07. The molecule has 0 aliphatic carbocycles. The van der Waals surface area contributed by atoms with Crippen molar-refractivity contribution in [3.05, 3.63) is 29.8 Å². The number of hydrogen-bond acceptors (Lipinski definition) is 2. The molecule has 0 saturated carbocycles. The Bertz CT molecular complexity index is 476. The number of amides is 1. The lowest BCUT2D eigenvalue weighted by atomic mass is 9.83. The van der Waals surface area contributed by atoms with Crippen molar-refractivity contribution in [2.24, 2.45) is 11.8 Å². The maximum atomic E-state index is 12.8. The standard InChI is InChI=1S/C17H26N2O/c1-12(2)13-9-10-19(11-13)16(20)17(3,4)14-5-7-15(18)8-6-14/h5-8,12-13H,9-11,18H2,1-4H3. The number of nitrogens with two attached hydrogens (primary N) is 1. The Balaban J connectivity index is 2.13. The van der Waals surface area contributed by atoms with Gasteiger partial charge in [-0.1, -0.05) is 26.0 Å². The summed E-state index contributed by atoms with van der Waals surface area (Å²) in [7, 11) is 0. The van der Waals surface area contributed by atoms with Gasteiger partial charge in [-0.3, -0.25) is 4.79 Å². The van der Waals surface area contributed by atoms with E-state index in [1.165, 1.54) is 0 Å². The molecule has 3 heteroatoms. The molecule has 1 fully saturated rings. The molecular formula is C17H26N2O. The molecular weight excluding hydrogens is 248 g/mol. The van der Waals surface area contributed by atoms with Gasteiger partial charge in [0.05, 0.1) is 5.41 Å². The number of likely N-dealkylation sites (tertiary alicyclic amines) is 1. The minimum atomic E-state index is -0.487. The van der Waals surface area contributed by atoms with E-state index in [-0.39, 0.29) is 5.91 Å². The van der Waals surface area contributed by atoms with E-state index in [9.17, 15) is 4.79 Å². The molecule has 20 heavy (non-hydrogen) atoms. The molecule has 0 aromatic heterocycles. The number of rotatable bonds is 3. The fourth-order valence-corrected chi connectivity index (χ4v) is 2.93. The number of anilines is 1. The first kappa shape index (κ1) is 14.9. The molecule has 1 aliphatic heterocycles. The van der Waals surface area contributed by atoms with Crippen molar-refractivity contribution >= 4 is 11.6 Å². The highest BCUT2D eigenvalue weighted by Crippen LogP contribution is 2.31. The molecule has 2 N–H and O–H groups in total. The third-order valence-corrected chi connectivity index (χ3v) is 4.62. The lowest BCUT2D eigenvalue weighted by Crippen LogP contribution is -2.42. The monoisotopic (exact) mass is 274 g/mol. The molecule has 1 heterocycles. The van der Waals surface area contributed by atoms with Crippen molar-refractivity contribution in [3.63, 3.8) is 0 Å². The molecule has 3 nitrogen and oxygen atoms in total. The summed E-state index contributed by atoms with van der Waals surface area (Å²) in [5.41, 5.74) is 7.00. The van der Waals surface area contributed by atoms with Gasteiger partial charge >= 0.3 is 0 Å². The molecule has 0 bridgehead atoms. The third kappa shape index (κ3) is 2.82. The molecule has 1 aromatic rings. The van der Waals surface area contributed by atoms with E-state index in [4.69, 9.17) is 5.73 Å². The van der Waals surface area contributed by atoms with E-state index in [0.717, 1.165) is 30.8 Å². The summed E-state index contributed by atoms with van der Waals surface area (Å²) in [4.78, 5) is 14.8. The fraction of sp³-hybridized carbons (Fsp3) is 0.588. The largest absolute Gasteiger partial charge is 0.399 e. The first-order chi connectivity index (χ1) is 9.32. The van der Waals surface area contributed by atoms with Gasteiger partial charge in [-0.25, -0.2) is 0 Å². The van der Waals surface area contributed by atoms with Gasteiger partial charge < -0.3 is 10.6 Å². The van der Waals surface area contributed by atoms with Crippen molar-refractivity contribution in [2.45, 2.75) is 39.5 Å². The first-order valence-corrected chi connectivity index (χ1v) is 7.47. The highest BCUT2D eigenvalue weighted by atomic mass is 16.2. The van der Waals surface area contributed by atoms with Gasteiger partial charge in [0.25, 0.3) is 0 Å². The van der Waals surface area contributed by atoms with Crippen LogP contribution in [0.3, 0.4) is 0 Å². The highest BCUT2D eigenvalue weighted by molar-refractivity contribution is 5.87. The second kappa shape index (κ2) is 5.47. The Morgan fingerprint density at radius 2 is 1.90 bits per heavy atom. The topological polar surface area (TPSA) is 46.3 Å². The predicted octanol–water partition coefficient (Wildman–Crippen LogP) is 3.05. The van der Waals surface area contributed by atoms with Crippen molar-refractivity contribution in [1.29, 1.82) is 0 Å². The highest BCUT2D eigenvalue weighted by Gasteiger charge is 2.37. The zero-order chi connectivity index (χ0) is 14.9. The maximum Gasteiger partial charge on any atom is 0.232 e. The summed E-state index contributed by atoms with van der Waals surface area (Å²) in [5.74, 6) is 1.51.